The second kappa shape index (κ2) is 11.3. The third-order valence-electron chi connectivity index (χ3n) is 5.13. The smallest absolute Gasteiger partial charge is 0.261 e. The normalized spacial score (nSPS) is 11.5. The first-order valence-electron chi connectivity index (χ1n) is 10.5. The van der Waals surface area contributed by atoms with Crippen molar-refractivity contribution in [2.24, 2.45) is 0 Å². The van der Waals surface area contributed by atoms with Gasteiger partial charge in [0.2, 0.25) is 5.91 Å². The molecule has 0 spiro atoms. The molecular formula is C26H27ClN2O3. The van der Waals surface area contributed by atoms with E-state index in [2.05, 4.69) is 5.32 Å². The summed E-state index contributed by atoms with van der Waals surface area (Å²) in [6.45, 7) is 4.25. The Morgan fingerprint density at radius 2 is 1.56 bits per heavy atom. The van der Waals surface area contributed by atoms with Gasteiger partial charge in [-0.1, -0.05) is 71.8 Å². The van der Waals surface area contributed by atoms with Crippen molar-refractivity contribution in [1.82, 2.24) is 10.2 Å². The van der Waals surface area contributed by atoms with Crippen molar-refractivity contribution in [3.8, 4) is 5.75 Å². The molecule has 0 aliphatic carbocycles. The number of rotatable bonds is 9. The summed E-state index contributed by atoms with van der Waals surface area (Å²) in [6, 6.07) is 23.6. The summed E-state index contributed by atoms with van der Waals surface area (Å²) in [5.74, 6) is 0.0955. The molecular weight excluding hydrogens is 424 g/mol. The predicted molar refractivity (Wildman–Crippen MR) is 126 cm³/mol. The number of ether oxygens (including phenoxy) is 1. The van der Waals surface area contributed by atoms with Crippen LogP contribution in [0.3, 0.4) is 0 Å². The van der Waals surface area contributed by atoms with Crippen molar-refractivity contribution in [2.45, 2.75) is 33.0 Å². The Bertz CT molecular complexity index is 1020. The van der Waals surface area contributed by atoms with Crippen LogP contribution in [0.5, 0.6) is 5.75 Å². The van der Waals surface area contributed by atoms with Gasteiger partial charge in [-0.2, -0.15) is 0 Å². The molecule has 3 aromatic rings. The minimum atomic E-state index is -0.678. The number of para-hydroxylation sites is 1. The van der Waals surface area contributed by atoms with Gasteiger partial charge in [0.1, 0.15) is 11.8 Å². The fourth-order valence-corrected chi connectivity index (χ4v) is 3.28. The maximum absolute atomic E-state index is 13.0. The van der Waals surface area contributed by atoms with Crippen molar-refractivity contribution in [1.29, 1.82) is 0 Å². The van der Waals surface area contributed by atoms with E-state index in [1.165, 1.54) is 4.90 Å². The lowest BCUT2D eigenvalue weighted by Gasteiger charge is -2.28. The molecule has 0 unspecified atom stereocenters. The molecule has 1 atom stereocenters. The number of carbonyl (C=O) groups is 2. The number of amides is 2. The third kappa shape index (κ3) is 6.86. The summed E-state index contributed by atoms with van der Waals surface area (Å²) < 4.78 is 5.63. The van der Waals surface area contributed by atoms with Gasteiger partial charge in [0.25, 0.3) is 5.91 Å². The second-order valence-electron chi connectivity index (χ2n) is 7.63. The van der Waals surface area contributed by atoms with Gasteiger partial charge in [-0.05, 0) is 49.2 Å². The average Bonchev–Trinajstić information content (AvgIpc) is 2.82. The Morgan fingerprint density at radius 3 is 2.22 bits per heavy atom. The Morgan fingerprint density at radius 1 is 0.938 bits per heavy atom. The SMILES string of the molecule is Cc1ccc(CNC(=O)[C@@H](C)N(Cc2ccc(Cl)cc2)C(=O)COc2ccccc2)cc1. The van der Waals surface area contributed by atoms with E-state index >= 15 is 0 Å². The highest BCUT2D eigenvalue weighted by Gasteiger charge is 2.26. The molecule has 1 N–H and O–H groups in total. The minimum Gasteiger partial charge on any atom is -0.484 e. The first-order chi connectivity index (χ1) is 15.4. The molecule has 3 aromatic carbocycles. The molecule has 32 heavy (non-hydrogen) atoms. The highest BCUT2D eigenvalue weighted by Crippen LogP contribution is 2.15. The van der Waals surface area contributed by atoms with Crippen molar-refractivity contribution in [3.63, 3.8) is 0 Å². The van der Waals surface area contributed by atoms with Gasteiger partial charge in [0, 0.05) is 18.1 Å². The fraction of sp³-hybridized carbons (Fsp3) is 0.231. The van der Waals surface area contributed by atoms with Crippen molar-refractivity contribution < 1.29 is 14.3 Å². The monoisotopic (exact) mass is 450 g/mol. The Labute approximate surface area is 194 Å². The van der Waals surface area contributed by atoms with Gasteiger partial charge < -0.3 is 15.0 Å². The number of hydrogen-bond acceptors (Lipinski definition) is 3. The van der Waals surface area contributed by atoms with E-state index in [0.29, 0.717) is 17.3 Å². The quantitative estimate of drug-likeness (QED) is 0.511. The topological polar surface area (TPSA) is 58.6 Å². The van der Waals surface area contributed by atoms with Crippen LogP contribution in [0.2, 0.25) is 5.02 Å². The van der Waals surface area contributed by atoms with Gasteiger partial charge in [-0.25, -0.2) is 0 Å². The number of benzene rings is 3. The van der Waals surface area contributed by atoms with Gasteiger partial charge in [0.15, 0.2) is 6.61 Å². The molecule has 2 amide bonds. The number of nitrogens with zero attached hydrogens (tertiary/aromatic N) is 1. The summed E-state index contributed by atoms with van der Waals surface area (Å²) >= 11 is 5.99. The highest BCUT2D eigenvalue weighted by atomic mass is 35.5. The summed E-state index contributed by atoms with van der Waals surface area (Å²) in [7, 11) is 0. The van der Waals surface area contributed by atoms with Crippen LogP contribution in [0, 0.1) is 6.92 Å². The maximum Gasteiger partial charge on any atom is 0.261 e. The van der Waals surface area contributed by atoms with E-state index in [-0.39, 0.29) is 25.0 Å². The molecule has 6 heteroatoms. The van der Waals surface area contributed by atoms with Crippen LogP contribution in [-0.4, -0.2) is 29.4 Å². The summed E-state index contributed by atoms with van der Waals surface area (Å²) in [5, 5.41) is 3.54. The zero-order chi connectivity index (χ0) is 22.9. The van der Waals surface area contributed by atoms with Crippen molar-refractivity contribution in [3.05, 3.63) is 101 Å². The highest BCUT2D eigenvalue weighted by molar-refractivity contribution is 6.30. The lowest BCUT2D eigenvalue weighted by molar-refractivity contribution is -0.142. The van der Waals surface area contributed by atoms with Gasteiger partial charge >= 0.3 is 0 Å². The number of nitrogens with one attached hydrogen (secondary N) is 1. The molecule has 3 rings (SSSR count). The van der Waals surface area contributed by atoms with E-state index in [1.54, 1.807) is 31.2 Å². The largest absolute Gasteiger partial charge is 0.484 e. The molecule has 0 radical (unpaired) electrons. The molecule has 5 nitrogen and oxygen atoms in total. The Kier molecular flexibility index (Phi) is 8.28. The molecule has 0 heterocycles. The van der Waals surface area contributed by atoms with E-state index in [9.17, 15) is 9.59 Å². The Hall–Kier alpha value is -3.31. The van der Waals surface area contributed by atoms with Crippen LogP contribution < -0.4 is 10.1 Å². The van der Waals surface area contributed by atoms with Crippen LogP contribution in [0.1, 0.15) is 23.6 Å². The summed E-state index contributed by atoms with van der Waals surface area (Å²) in [6.07, 6.45) is 0. The van der Waals surface area contributed by atoms with Crippen molar-refractivity contribution >= 4 is 23.4 Å². The molecule has 0 fully saturated rings. The van der Waals surface area contributed by atoms with Crippen LogP contribution in [0.4, 0.5) is 0 Å². The first kappa shape index (κ1) is 23.4. The maximum atomic E-state index is 13.0. The van der Waals surface area contributed by atoms with E-state index in [0.717, 1.165) is 16.7 Å². The van der Waals surface area contributed by atoms with Crippen LogP contribution in [-0.2, 0) is 22.7 Å². The number of carbonyl (C=O) groups excluding carboxylic acids is 2. The van der Waals surface area contributed by atoms with Crippen LogP contribution >= 0.6 is 11.6 Å². The average molecular weight is 451 g/mol. The lowest BCUT2D eigenvalue weighted by atomic mass is 10.1. The summed E-state index contributed by atoms with van der Waals surface area (Å²) in [4.78, 5) is 27.4. The summed E-state index contributed by atoms with van der Waals surface area (Å²) in [5.41, 5.74) is 3.03. The zero-order valence-electron chi connectivity index (χ0n) is 18.3. The van der Waals surface area contributed by atoms with Gasteiger partial charge in [-0.15, -0.1) is 0 Å². The standard InChI is InChI=1S/C26H27ClN2O3/c1-19-8-10-21(11-9-19)16-28-26(31)20(2)29(17-22-12-14-23(27)15-13-22)25(30)18-32-24-6-4-3-5-7-24/h3-15,20H,16-18H2,1-2H3,(H,28,31)/t20-/m1/s1. The van der Waals surface area contributed by atoms with Gasteiger partial charge in [-0.3, -0.25) is 9.59 Å². The third-order valence-corrected chi connectivity index (χ3v) is 5.38. The van der Waals surface area contributed by atoms with Crippen LogP contribution in [0.25, 0.3) is 0 Å². The van der Waals surface area contributed by atoms with Crippen LogP contribution in [0.15, 0.2) is 78.9 Å². The Balaban J connectivity index is 1.68. The molecule has 0 aromatic heterocycles. The molecule has 0 saturated heterocycles. The zero-order valence-corrected chi connectivity index (χ0v) is 19.0. The number of halogens is 1. The van der Waals surface area contributed by atoms with Gasteiger partial charge in [0.05, 0.1) is 0 Å². The predicted octanol–water partition coefficient (Wildman–Crippen LogP) is 4.76. The first-order valence-corrected chi connectivity index (χ1v) is 10.8. The van der Waals surface area contributed by atoms with E-state index < -0.39 is 6.04 Å². The molecule has 166 valence electrons. The molecule has 0 aliphatic rings. The molecule has 0 saturated carbocycles. The second-order valence-corrected chi connectivity index (χ2v) is 8.07. The van der Waals surface area contributed by atoms with E-state index in [1.807, 2.05) is 61.5 Å². The van der Waals surface area contributed by atoms with Crippen molar-refractivity contribution in [2.75, 3.05) is 6.61 Å². The minimum absolute atomic E-state index is 0.160. The number of hydrogen-bond donors (Lipinski definition) is 1. The lowest BCUT2D eigenvalue weighted by Crippen LogP contribution is -2.48. The fourth-order valence-electron chi connectivity index (χ4n) is 3.16. The molecule has 0 bridgehead atoms. The number of aryl methyl sites for hydroxylation is 1. The molecule has 0 aliphatic heterocycles. The van der Waals surface area contributed by atoms with E-state index in [4.69, 9.17) is 16.3 Å².